The minimum Gasteiger partial charge on any atom is -0.404 e. The number of aromatic nitrogens is 2. The second kappa shape index (κ2) is 12.0. The molecule has 5 fully saturated rings. The molecular weight excluding hydrogens is 549 g/mol. The molecule has 0 unspecified atom stereocenters. The first-order valence-corrected chi connectivity index (χ1v) is 15.2. The molecule has 2 aromatic rings. The molecule has 0 radical (unpaired) electrons. The maximum atomic E-state index is 14.0. The van der Waals surface area contributed by atoms with E-state index in [9.17, 15) is 14.4 Å². The van der Waals surface area contributed by atoms with Gasteiger partial charge in [0.05, 0.1) is 43.5 Å². The van der Waals surface area contributed by atoms with Crippen LogP contribution >= 0.6 is 0 Å². The van der Waals surface area contributed by atoms with Crippen LogP contribution in [0.3, 0.4) is 0 Å². The lowest BCUT2D eigenvalue weighted by Crippen LogP contribution is -2.65. The van der Waals surface area contributed by atoms with Crippen LogP contribution in [0.2, 0.25) is 0 Å². The van der Waals surface area contributed by atoms with Crippen LogP contribution in [0.25, 0.3) is 0 Å². The maximum Gasteiger partial charge on any atom is 0.482 e. The summed E-state index contributed by atoms with van der Waals surface area (Å²) in [6.45, 7) is 8.50. The fraction of sp³-hybridized carbons (Fsp3) is 0.581. The minimum atomic E-state index is -1.14. The number of rotatable bonds is 9. The highest BCUT2D eigenvalue weighted by Gasteiger charge is 2.68. The van der Waals surface area contributed by atoms with Crippen molar-refractivity contribution in [3.05, 3.63) is 60.2 Å². The van der Waals surface area contributed by atoms with Crippen molar-refractivity contribution < 1.29 is 28.4 Å². The van der Waals surface area contributed by atoms with E-state index in [1.807, 2.05) is 30.3 Å². The van der Waals surface area contributed by atoms with Crippen LogP contribution in [0, 0.1) is 17.3 Å². The van der Waals surface area contributed by atoms with Gasteiger partial charge in [-0.25, -0.2) is 4.98 Å². The van der Waals surface area contributed by atoms with Crippen molar-refractivity contribution in [2.24, 2.45) is 17.3 Å². The number of nitrogens with one attached hydrogen (secondary N) is 2. The molecule has 2 saturated heterocycles. The van der Waals surface area contributed by atoms with E-state index < -0.39 is 36.5 Å². The lowest BCUT2D eigenvalue weighted by Gasteiger charge is -2.64. The van der Waals surface area contributed by atoms with Gasteiger partial charge in [0.1, 0.15) is 11.7 Å². The van der Waals surface area contributed by atoms with E-state index in [1.165, 1.54) is 18.6 Å². The largest absolute Gasteiger partial charge is 0.482 e. The average molecular weight is 590 g/mol. The number of carbonyl (C=O) groups excluding carboxylic acids is 3. The van der Waals surface area contributed by atoms with E-state index in [2.05, 4.69) is 41.4 Å². The van der Waals surface area contributed by atoms with Crippen LogP contribution in [-0.2, 0) is 30.1 Å². The Bertz CT molecular complexity index is 1330. The van der Waals surface area contributed by atoms with Crippen LogP contribution < -0.4 is 10.6 Å². The molecule has 6 atom stereocenters. The van der Waals surface area contributed by atoms with Crippen LogP contribution in [-0.4, -0.2) is 89.7 Å². The van der Waals surface area contributed by atoms with Gasteiger partial charge in [-0.1, -0.05) is 44.2 Å². The molecule has 5 aliphatic rings. The minimum absolute atomic E-state index is 0.0560. The molecule has 43 heavy (non-hydrogen) atoms. The summed E-state index contributed by atoms with van der Waals surface area (Å²) in [5.74, 6) is -0.907. The Balaban J connectivity index is 1.23. The van der Waals surface area contributed by atoms with E-state index in [-0.39, 0.29) is 29.5 Å². The number of ether oxygens (including phenoxy) is 1. The highest BCUT2D eigenvalue weighted by molar-refractivity contribution is 6.48. The Kier molecular flexibility index (Phi) is 8.27. The fourth-order valence-electron chi connectivity index (χ4n) is 7.41. The van der Waals surface area contributed by atoms with Crippen molar-refractivity contribution >= 4 is 24.8 Å². The quantitative estimate of drug-likeness (QED) is 0.424. The van der Waals surface area contributed by atoms with E-state index in [0.717, 1.165) is 18.4 Å². The van der Waals surface area contributed by atoms with E-state index >= 15 is 0 Å². The van der Waals surface area contributed by atoms with E-state index in [4.69, 9.17) is 14.0 Å². The van der Waals surface area contributed by atoms with Gasteiger partial charge >= 0.3 is 7.12 Å². The van der Waals surface area contributed by atoms with Gasteiger partial charge in [0, 0.05) is 25.5 Å². The van der Waals surface area contributed by atoms with E-state index in [0.29, 0.717) is 44.6 Å². The van der Waals surface area contributed by atoms with Gasteiger partial charge in [0.25, 0.3) is 5.91 Å². The van der Waals surface area contributed by atoms with Crippen molar-refractivity contribution in [3.8, 4) is 0 Å². The van der Waals surface area contributed by atoms with Gasteiger partial charge in [-0.3, -0.25) is 19.4 Å². The van der Waals surface area contributed by atoms with Crippen LogP contribution in [0.15, 0.2) is 48.9 Å². The predicted octanol–water partition coefficient (Wildman–Crippen LogP) is 1.82. The van der Waals surface area contributed by atoms with Crippen molar-refractivity contribution in [1.29, 1.82) is 0 Å². The van der Waals surface area contributed by atoms with Gasteiger partial charge in [-0.15, -0.1) is 0 Å². The molecule has 3 aliphatic carbocycles. The molecule has 0 spiro atoms. The first kappa shape index (κ1) is 29.7. The number of nitrogens with zero attached hydrogens (tertiary/aromatic N) is 3. The van der Waals surface area contributed by atoms with Gasteiger partial charge < -0.3 is 29.6 Å². The molecule has 2 N–H and O–H groups in total. The first-order chi connectivity index (χ1) is 20.6. The summed E-state index contributed by atoms with van der Waals surface area (Å²) in [6.07, 6.45) is 6.42. The highest BCUT2D eigenvalue weighted by atomic mass is 16.7. The Morgan fingerprint density at radius 3 is 2.53 bits per heavy atom. The van der Waals surface area contributed by atoms with Gasteiger partial charge in [0.15, 0.2) is 0 Å². The summed E-state index contributed by atoms with van der Waals surface area (Å²) < 4.78 is 18.7. The third kappa shape index (κ3) is 5.92. The number of carbonyl (C=O) groups is 3. The van der Waals surface area contributed by atoms with Crippen molar-refractivity contribution in [1.82, 2.24) is 25.5 Å². The Morgan fingerprint density at radius 1 is 1.07 bits per heavy atom. The molecular formula is C31H40BN5O6. The van der Waals surface area contributed by atoms with Gasteiger partial charge in [0.2, 0.25) is 11.8 Å². The standard InChI is InChI=1S/C31H40BN5O6/c1-30(2)21-16-24(30)31(3)25(17-21)42-32(43-31)26(15-20-7-5-4-6-8-20)36-28(39)22(18-27(38)37-11-13-41-14-12-37)35-29(40)23-19-33-9-10-34-23/h4-10,19,21-22,24-26H,11-18H2,1-3H3,(H,35,40)(H,36,39)/t21-,22+,24-,25+,26-,31-/m0/s1. The molecule has 7 rings (SSSR count). The van der Waals surface area contributed by atoms with Crippen molar-refractivity contribution in [3.63, 3.8) is 0 Å². The zero-order valence-corrected chi connectivity index (χ0v) is 25.0. The molecule has 11 nitrogen and oxygen atoms in total. The second-order valence-electron chi connectivity index (χ2n) is 13.0. The topological polar surface area (TPSA) is 132 Å². The molecule has 1 aromatic carbocycles. The molecule has 12 heteroatoms. The Morgan fingerprint density at radius 2 is 1.84 bits per heavy atom. The Labute approximate surface area is 252 Å². The SMILES string of the molecule is CC1(C)[C@@H]2C[C@H]3OB([C@H](Cc4ccccc4)NC(=O)[C@@H](CC(=O)N4CCOCC4)NC(=O)c4cnccn4)O[C@@]3(C)[C@H]1C2. The molecule has 1 aromatic heterocycles. The van der Waals surface area contributed by atoms with Crippen molar-refractivity contribution in [2.75, 3.05) is 26.3 Å². The lowest BCUT2D eigenvalue weighted by atomic mass is 9.43. The third-order valence-corrected chi connectivity index (χ3v) is 10.1. The number of amides is 3. The smallest absolute Gasteiger partial charge is 0.404 e. The zero-order chi connectivity index (χ0) is 30.2. The number of morpholine rings is 1. The summed E-state index contributed by atoms with van der Waals surface area (Å²) in [7, 11) is -0.680. The lowest BCUT2D eigenvalue weighted by molar-refractivity contribution is -0.199. The van der Waals surface area contributed by atoms with Crippen LogP contribution in [0.1, 0.15) is 56.1 Å². The van der Waals surface area contributed by atoms with Gasteiger partial charge in [-0.05, 0) is 49.0 Å². The van der Waals surface area contributed by atoms with Crippen molar-refractivity contribution in [2.45, 2.75) is 70.1 Å². The van der Waals surface area contributed by atoms with Crippen LogP contribution in [0.5, 0.6) is 0 Å². The van der Waals surface area contributed by atoms with Gasteiger partial charge in [-0.2, -0.15) is 0 Å². The average Bonchev–Trinajstić information content (AvgIpc) is 3.39. The predicted molar refractivity (Wildman–Crippen MR) is 157 cm³/mol. The third-order valence-electron chi connectivity index (χ3n) is 10.1. The zero-order valence-electron chi connectivity index (χ0n) is 25.0. The first-order valence-electron chi connectivity index (χ1n) is 15.2. The Hall–Kier alpha value is -3.35. The number of benzene rings is 1. The summed E-state index contributed by atoms with van der Waals surface area (Å²) in [5, 5.41) is 5.84. The summed E-state index contributed by atoms with van der Waals surface area (Å²) in [6, 6.07) is 8.70. The second-order valence-corrected chi connectivity index (χ2v) is 13.0. The highest BCUT2D eigenvalue weighted by Crippen LogP contribution is 2.65. The monoisotopic (exact) mass is 589 g/mol. The van der Waals surface area contributed by atoms with E-state index in [1.54, 1.807) is 4.90 Å². The molecule has 2 bridgehead atoms. The molecule has 228 valence electrons. The summed E-state index contributed by atoms with van der Waals surface area (Å²) in [4.78, 5) is 50.0. The van der Waals surface area contributed by atoms with Crippen LogP contribution in [0.4, 0.5) is 0 Å². The summed E-state index contributed by atoms with van der Waals surface area (Å²) in [5.41, 5.74) is 0.793. The molecule has 3 saturated carbocycles. The number of hydrogen-bond donors (Lipinski definition) is 2. The normalized spacial score (nSPS) is 28.7. The number of hydrogen-bond acceptors (Lipinski definition) is 8. The molecule has 2 aliphatic heterocycles. The molecule has 3 heterocycles. The summed E-state index contributed by atoms with van der Waals surface area (Å²) >= 11 is 0. The maximum absolute atomic E-state index is 14.0. The fourth-order valence-corrected chi connectivity index (χ4v) is 7.41. The molecule has 3 amide bonds.